The van der Waals surface area contributed by atoms with Crippen molar-refractivity contribution in [2.75, 3.05) is 33.2 Å². The Bertz CT molecular complexity index is 493. The molecule has 0 radical (unpaired) electrons. The molecule has 19 heavy (non-hydrogen) atoms. The molecule has 0 aromatic heterocycles. The van der Waals surface area contributed by atoms with Gasteiger partial charge in [0.05, 0.1) is 6.54 Å². The molecule has 2 aliphatic heterocycles. The highest BCUT2D eigenvalue weighted by Gasteiger charge is 2.35. The number of nitrogens with one attached hydrogen (secondary N) is 1. The topological polar surface area (TPSA) is 35.6 Å². The van der Waals surface area contributed by atoms with Gasteiger partial charge < -0.3 is 10.2 Å². The molecule has 2 fully saturated rings. The van der Waals surface area contributed by atoms with Crippen LogP contribution in [0, 0.1) is 0 Å². The Labute approximate surface area is 121 Å². The molecule has 2 atom stereocenters. The highest BCUT2D eigenvalue weighted by Crippen LogP contribution is 2.24. The van der Waals surface area contributed by atoms with Gasteiger partial charge in [-0.25, -0.2) is 0 Å². The van der Waals surface area contributed by atoms with Gasteiger partial charge in [-0.15, -0.1) is 0 Å². The molecule has 102 valence electrons. The molecule has 0 saturated carbocycles. The van der Waals surface area contributed by atoms with E-state index in [4.69, 9.17) is 0 Å². The number of halogens is 1. The summed E-state index contributed by atoms with van der Waals surface area (Å²) in [5.41, 5.74) is 1.28. The minimum absolute atomic E-state index is 0.228. The minimum atomic E-state index is 0.228. The van der Waals surface area contributed by atoms with Crippen molar-refractivity contribution in [2.45, 2.75) is 12.1 Å². The predicted molar refractivity (Wildman–Crippen MR) is 77.9 cm³/mol. The fraction of sp³-hybridized carbons (Fsp3) is 0.500. The summed E-state index contributed by atoms with van der Waals surface area (Å²) in [6.45, 7) is 3.22. The van der Waals surface area contributed by atoms with Crippen LogP contribution in [0.3, 0.4) is 0 Å². The average Bonchev–Trinajstić information content (AvgIpc) is 2.39. The first-order valence-corrected chi connectivity index (χ1v) is 7.39. The lowest BCUT2D eigenvalue weighted by Crippen LogP contribution is -2.62. The number of benzene rings is 1. The number of rotatable bonds is 1. The normalized spacial score (nSPS) is 28.3. The highest BCUT2D eigenvalue weighted by molar-refractivity contribution is 9.10. The summed E-state index contributed by atoms with van der Waals surface area (Å²) in [5.74, 6) is 0.228. The second kappa shape index (κ2) is 5.23. The smallest absolute Gasteiger partial charge is 0.236 e. The minimum Gasteiger partial charge on any atom is -0.343 e. The summed E-state index contributed by atoms with van der Waals surface area (Å²) in [4.78, 5) is 15.9. The molecule has 1 aromatic carbocycles. The van der Waals surface area contributed by atoms with Crippen molar-refractivity contribution in [2.24, 2.45) is 0 Å². The van der Waals surface area contributed by atoms with Crippen LogP contribution in [0.4, 0.5) is 0 Å². The molecule has 0 bridgehead atoms. The van der Waals surface area contributed by atoms with E-state index in [1.54, 1.807) is 0 Å². The third-order valence-electron chi connectivity index (χ3n) is 4.03. The number of piperazine rings is 2. The average molecular weight is 324 g/mol. The second-order valence-electron chi connectivity index (χ2n) is 5.37. The lowest BCUT2D eigenvalue weighted by Gasteiger charge is -2.45. The molecular weight excluding hydrogens is 306 g/mol. The molecule has 0 spiro atoms. The van der Waals surface area contributed by atoms with Crippen LogP contribution in [0.2, 0.25) is 0 Å². The molecule has 2 saturated heterocycles. The van der Waals surface area contributed by atoms with E-state index in [0.717, 1.165) is 24.1 Å². The van der Waals surface area contributed by atoms with Gasteiger partial charge in [-0.3, -0.25) is 9.69 Å². The number of carbonyl (C=O) groups is 1. The van der Waals surface area contributed by atoms with Crippen LogP contribution in [-0.4, -0.2) is 55.0 Å². The van der Waals surface area contributed by atoms with Gasteiger partial charge in [0.2, 0.25) is 5.91 Å². The van der Waals surface area contributed by atoms with Gasteiger partial charge in [-0.1, -0.05) is 28.1 Å². The van der Waals surface area contributed by atoms with Gasteiger partial charge in [-0.05, 0) is 17.7 Å². The first-order chi connectivity index (χ1) is 9.13. The second-order valence-corrected chi connectivity index (χ2v) is 6.29. The third-order valence-corrected chi connectivity index (χ3v) is 4.53. The lowest BCUT2D eigenvalue weighted by atomic mass is 10.00. The SMILES string of the molecule is CN1CC2CNC(c3cccc(Br)c3)CN2CC1=O. The van der Waals surface area contributed by atoms with Crippen molar-refractivity contribution in [3.05, 3.63) is 34.3 Å². The number of hydrogen-bond donors (Lipinski definition) is 1. The lowest BCUT2D eigenvalue weighted by molar-refractivity contribution is -0.137. The quantitative estimate of drug-likeness (QED) is 0.844. The molecule has 2 aliphatic rings. The number of likely N-dealkylation sites (N-methyl/N-ethyl adjacent to an activating group) is 1. The van der Waals surface area contributed by atoms with Crippen LogP contribution in [0.1, 0.15) is 11.6 Å². The van der Waals surface area contributed by atoms with Crippen LogP contribution in [-0.2, 0) is 4.79 Å². The van der Waals surface area contributed by atoms with Crippen molar-refractivity contribution in [3.63, 3.8) is 0 Å². The highest BCUT2D eigenvalue weighted by atomic mass is 79.9. The van der Waals surface area contributed by atoms with Gasteiger partial charge in [0.15, 0.2) is 0 Å². The Morgan fingerprint density at radius 3 is 3.00 bits per heavy atom. The van der Waals surface area contributed by atoms with Crippen molar-refractivity contribution in [1.82, 2.24) is 15.1 Å². The summed E-state index contributed by atoms with van der Waals surface area (Å²) in [5, 5.41) is 3.60. The van der Waals surface area contributed by atoms with Gasteiger partial charge in [0.1, 0.15) is 0 Å². The summed E-state index contributed by atoms with van der Waals surface area (Å²) in [6.07, 6.45) is 0. The molecular formula is C14H18BrN3O. The third kappa shape index (κ3) is 2.68. The van der Waals surface area contributed by atoms with E-state index in [1.807, 2.05) is 18.0 Å². The molecule has 1 amide bonds. The monoisotopic (exact) mass is 323 g/mol. The number of amides is 1. The van der Waals surface area contributed by atoms with E-state index in [0.29, 0.717) is 18.6 Å². The molecule has 3 rings (SSSR count). The summed E-state index contributed by atoms with van der Waals surface area (Å²) in [7, 11) is 1.89. The standard InChI is InChI=1S/C14H18BrN3O/c1-17-7-12-6-16-13(8-18(12)9-14(17)19)10-3-2-4-11(15)5-10/h2-5,12-13,16H,6-9H2,1H3. The number of carbonyl (C=O) groups excluding carboxylic acids is 1. The van der Waals surface area contributed by atoms with Crippen LogP contribution in [0.15, 0.2) is 28.7 Å². The first-order valence-electron chi connectivity index (χ1n) is 6.60. The molecule has 4 nitrogen and oxygen atoms in total. The van der Waals surface area contributed by atoms with Crippen LogP contribution >= 0.6 is 15.9 Å². The number of nitrogens with zero attached hydrogens (tertiary/aromatic N) is 2. The molecule has 1 N–H and O–H groups in total. The van der Waals surface area contributed by atoms with E-state index in [2.05, 4.69) is 44.3 Å². The van der Waals surface area contributed by atoms with Gasteiger partial charge >= 0.3 is 0 Å². The fourth-order valence-corrected chi connectivity index (χ4v) is 3.31. The van der Waals surface area contributed by atoms with Crippen LogP contribution in [0.25, 0.3) is 0 Å². The number of fused-ring (bicyclic) bond motifs is 1. The summed E-state index contributed by atoms with van der Waals surface area (Å²) >= 11 is 3.51. The van der Waals surface area contributed by atoms with Gasteiger partial charge in [-0.2, -0.15) is 0 Å². The van der Waals surface area contributed by atoms with E-state index < -0.39 is 0 Å². The van der Waals surface area contributed by atoms with Crippen molar-refractivity contribution in [3.8, 4) is 0 Å². The zero-order valence-electron chi connectivity index (χ0n) is 11.0. The Balaban J connectivity index is 1.73. The zero-order chi connectivity index (χ0) is 13.4. The molecule has 2 heterocycles. The van der Waals surface area contributed by atoms with E-state index >= 15 is 0 Å². The van der Waals surface area contributed by atoms with E-state index in [1.165, 1.54) is 5.56 Å². The van der Waals surface area contributed by atoms with E-state index in [-0.39, 0.29) is 5.91 Å². The summed E-state index contributed by atoms with van der Waals surface area (Å²) in [6, 6.07) is 9.14. The van der Waals surface area contributed by atoms with Gasteiger partial charge in [0.25, 0.3) is 0 Å². The Morgan fingerprint density at radius 1 is 1.37 bits per heavy atom. The summed E-state index contributed by atoms with van der Waals surface area (Å²) < 4.78 is 1.10. The maximum Gasteiger partial charge on any atom is 0.236 e. The van der Waals surface area contributed by atoms with Crippen LogP contribution < -0.4 is 5.32 Å². The maximum atomic E-state index is 11.8. The fourth-order valence-electron chi connectivity index (χ4n) is 2.89. The van der Waals surface area contributed by atoms with Gasteiger partial charge in [0, 0.05) is 43.2 Å². The van der Waals surface area contributed by atoms with E-state index in [9.17, 15) is 4.79 Å². The van der Waals surface area contributed by atoms with Crippen molar-refractivity contribution in [1.29, 1.82) is 0 Å². The Morgan fingerprint density at radius 2 is 2.21 bits per heavy atom. The molecule has 0 aliphatic carbocycles. The van der Waals surface area contributed by atoms with Crippen LogP contribution in [0.5, 0.6) is 0 Å². The number of hydrogen-bond acceptors (Lipinski definition) is 3. The Kier molecular flexibility index (Phi) is 3.60. The largest absolute Gasteiger partial charge is 0.343 e. The molecule has 5 heteroatoms. The predicted octanol–water partition coefficient (Wildman–Crippen LogP) is 1.24. The maximum absolute atomic E-state index is 11.8. The Hall–Kier alpha value is -0.910. The first kappa shape index (κ1) is 13.1. The van der Waals surface area contributed by atoms with Crippen molar-refractivity contribution >= 4 is 21.8 Å². The zero-order valence-corrected chi connectivity index (χ0v) is 12.6. The van der Waals surface area contributed by atoms with Crippen molar-refractivity contribution < 1.29 is 4.79 Å². The molecule has 1 aromatic rings. The molecule has 2 unspecified atom stereocenters.